The predicted octanol–water partition coefficient (Wildman–Crippen LogP) is 4.31. The van der Waals surface area contributed by atoms with Gasteiger partial charge in [0.15, 0.2) is 5.11 Å². The van der Waals surface area contributed by atoms with Crippen LogP contribution in [0.15, 0.2) is 54.6 Å². The highest BCUT2D eigenvalue weighted by molar-refractivity contribution is 7.80. The lowest BCUT2D eigenvalue weighted by molar-refractivity contribution is -0.115. The number of para-hydroxylation sites is 1. The van der Waals surface area contributed by atoms with Crippen molar-refractivity contribution in [2.75, 3.05) is 19.1 Å². The summed E-state index contributed by atoms with van der Waals surface area (Å²) in [7, 11) is 3.34. The van der Waals surface area contributed by atoms with E-state index in [4.69, 9.17) is 17.0 Å². The first-order chi connectivity index (χ1) is 15.5. The lowest BCUT2D eigenvalue weighted by Gasteiger charge is -2.25. The van der Waals surface area contributed by atoms with Gasteiger partial charge in [0.2, 0.25) is 5.91 Å². The molecule has 2 aromatic carbocycles. The summed E-state index contributed by atoms with van der Waals surface area (Å²) in [6, 6.07) is 14.8. The number of methoxy groups -OCH3 is 1. The van der Waals surface area contributed by atoms with E-state index in [1.807, 2.05) is 42.5 Å². The van der Waals surface area contributed by atoms with E-state index in [-0.39, 0.29) is 23.0 Å². The van der Waals surface area contributed by atoms with E-state index in [0.717, 1.165) is 37.0 Å². The lowest BCUT2D eigenvalue weighted by Crippen LogP contribution is -2.41. The minimum absolute atomic E-state index is 0.118. The molecule has 2 aromatic rings. The molecule has 168 valence electrons. The fourth-order valence-corrected chi connectivity index (χ4v) is 3.89. The average Bonchev–Trinajstić information content (AvgIpc) is 2.83. The smallest absolute Gasteiger partial charge is 0.253 e. The molecule has 0 bridgehead atoms. The Morgan fingerprint density at radius 3 is 2.44 bits per heavy atom. The van der Waals surface area contributed by atoms with Gasteiger partial charge in [-0.2, -0.15) is 0 Å². The second kappa shape index (κ2) is 11.4. The molecule has 0 atom stereocenters. The molecule has 1 aliphatic rings. The predicted molar refractivity (Wildman–Crippen MR) is 132 cm³/mol. The Morgan fingerprint density at radius 2 is 1.75 bits per heavy atom. The van der Waals surface area contributed by atoms with Crippen LogP contribution in [-0.2, 0) is 4.79 Å². The summed E-state index contributed by atoms with van der Waals surface area (Å²) < 4.78 is 5.13. The number of anilines is 1. The highest BCUT2D eigenvalue weighted by Gasteiger charge is 2.21. The minimum Gasteiger partial charge on any atom is -0.497 e. The molecule has 7 heteroatoms. The monoisotopic (exact) mass is 451 g/mol. The van der Waals surface area contributed by atoms with Crippen molar-refractivity contribution in [3.63, 3.8) is 0 Å². The fraction of sp³-hybridized carbons (Fsp3) is 0.320. The average molecular weight is 452 g/mol. The van der Waals surface area contributed by atoms with Crippen LogP contribution in [0.25, 0.3) is 6.08 Å². The van der Waals surface area contributed by atoms with Gasteiger partial charge in [0.1, 0.15) is 5.75 Å². The number of hydrogen-bond acceptors (Lipinski definition) is 4. The van der Waals surface area contributed by atoms with Crippen LogP contribution in [0.4, 0.5) is 5.69 Å². The fourth-order valence-electron chi connectivity index (χ4n) is 3.70. The van der Waals surface area contributed by atoms with E-state index in [9.17, 15) is 9.59 Å². The second-order valence-electron chi connectivity index (χ2n) is 7.79. The van der Waals surface area contributed by atoms with Gasteiger partial charge in [0.25, 0.3) is 5.91 Å². The quantitative estimate of drug-likeness (QED) is 0.506. The Balaban J connectivity index is 1.62. The molecule has 3 rings (SSSR count). The molecule has 0 heterocycles. The van der Waals surface area contributed by atoms with Crippen molar-refractivity contribution >= 4 is 40.9 Å². The van der Waals surface area contributed by atoms with E-state index in [1.54, 1.807) is 31.2 Å². The summed E-state index contributed by atoms with van der Waals surface area (Å²) in [6.45, 7) is 0. The van der Waals surface area contributed by atoms with Gasteiger partial charge in [0.05, 0.1) is 18.4 Å². The molecule has 0 aliphatic heterocycles. The summed E-state index contributed by atoms with van der Waals surface area (Å²) in [5.41, 5.74) is 2.04. The molecule has 1 saturated carbocycles. The first-order valence-corrected chi connectivity index (χ1v) is 11.2. The van der Waals surface area contributed by atoms with Gasteiger partial charge in [0, 0.05) is 19.2 Å². The third kappa shape index (κ3) is 6.40. The molecule has 0 aromatic heterocycles. The summed E-state index contributed by atoms with van der Waals surface area (Å²) in [5.74, 6) is 0.287. The molecule has 0 spiro atoms. The Bertz CT molecular complexity index is 982. The Morgan fingerprint density at radius 1 is 1.06 bits per heavy atom. The van der Waals surface area contributed by atoms with Crippen LogP contribution in [0, 0.1) is 0 Å². The molecule has 2 N–H and O–H groups in total. The van der Waals surface area contributed by atoms with Crippen LogP contribution < -0.4 is 20.3 Å². The summed E-state index contributed by atoms with van der Waals surface area (Å²) in [4.78, 5) is 26.9. The van der Waals surface area contributed by atoms with Gasteiger partial charge in [-0.15, -0.1) is 0 Å². The molecule has 0 unspecified atom stereocenters. The zero-order chi connectivity index (χ0) is 22.9. The number of benzene rings is 2. The van der Waals surface area contributed by atoms with Crippen LogP contribution >= 0.6 is 12.2 Å². The van der Waals surface area contributed by atoms with E-state index in [2.05, 4.69) is 10.6 Å². The van der Waals surface area contributed by atoms with Gasteiger partial charge < -0.3 is 15.0 Å². The number of carbonyl (C=O) groups excluding carboxylic acids is 2. The largest absolute Gasteiger partial charge is 0.497 e. The number of rotatable bonds is 6. The maximum atomic E-state index is 12.9. The topological polar surface area (TPSA) is 70.7 Å². The van der Waals surface area contributed by atoms with Crippen molar-refractivity contribution < 1.29 is 14.3 Å². The van der Waals surface area contributed by atoms with Crippen molar-refractivity contribution in [2.45, 2.75) is 38.1 Å². The zero-order valence-electron chi connectivity index (χ0n) is 18.5. The first-order valence-electron chi connectivity index (χ1n) is 10.8. The molecule has 1 aliphatic carbocycles. The number of nitrogens with zero attached hydrogens (tertiary/aromatic N) is 1. The minimum atomic E-state index is -0.346. The summed E-state index contributed by atoms with van der Waals surface area (Å²) in [6.07, 6.45) is 8.66. The van der Waals surface area contributed by atoms with Gasteiger partial charge >= 0.3 is 0 Å². The third-order valence-corrected chi connectivity index (χ3v) is 5.90. The van der Waals surface area contributed by atoms with Crippen molar-refractivity contribution in [1.82, 2.24) is 10.6 Å². The number of amides is 2. The Labute approximate surface area is 194 Å². The highest BCUT2D eigenvalue weighted by Crippen LogP contribution is 2.22. The molecule has 6 nitrogen and oxygen atoms in total. The standard InChI is InChI=1S/C25H29N3O3S/c1-28(25(32)27-23(29)17-14-18-12-15-20(31-2)16-13-18)22-11-7-6-10-21(22)24(30)26-19-8-4-3-5-9-19/h6-7,10-17,19H,3-5,8-9H2,1-2H3,(H,26,30)(H,27,29,32)/b17-14+. The third-order valence-electron chi connectivity index (χ3n) is 5.53. The van der Waals surface area contributed by atoms with Gasteiger partial charge in [-0.05, 0) is 61.0 Å². The van der Waals surface area contributed by atoms with Crippen LogP contribution in [0.1, 0.15) is 48.0 Å². The molecular formula is C25H29N3O3S. The Kier molecular flexibility index (Phi) is 8.39. The molecule has 0 radical (unpaired) electrons. The van der Waals surface area contributed by atoms with Crippen molar-refractivity contribution in [3.8, 4) is 5.75 Å². The van der Waals surface area contributed by atoms with Crippen LogP contribution in [-0.4, -0.2) is 37.1 Å². The number of ether oxygens (including phenoxy) is 1. The second-order valence-corrected chi connectivity index (χ2v) is 8.17. The van der Waals surface area contributed by atoms with Crippen molar-refractivity contribution in [1.29, 1.82) is 0 Å². The lowest BCUT2D eigenvalue weighted by atomic mass is 9.95. The number of hydrogen-bond donors (Lipinski definition) is 2. The number of nitrogens with one attached hydrogen (secondary N) is 2. The molecule has 32 heavy (non-hydrogen) atoms. The maximum Gasteiger partial charge on any atom is 0.253 e. The molecular weight excluding hydrogens is 422 g/mol. The summed E-state index contributed by atoms with van der Waals surface area (Å²) in [5, 5.41) is 6.05. The maximum absolute atomic E-state index is 12.9. The normalized spacial score (nSPS) is 14.1. The number of thiocarbonyl (C=S) groups is 1. The molecule has 2 amide bonds. The van der Waals surface area contributed by atoms with E-state index in [1.165, 1.54) is 12.5 Å². The van der Waals surface area contributed by atoms with Crippen molar-refractivity contribution in [2.24, 2.45) is 0 Å². The van der Waals surface area contributed by atoms with Gasteiger partial charge in [-0.1, -0.05) is 43.5 Å². The van der Waals surface area contributed by atoms with Crippen LogP contribution in [0.3, 0.4) is 0 Å². The molecule has 0 saturated heterocycles. The van der Waals surface area contributed by atoms with Gasteiger partial charge in [-0.25, -0.2) is 0 Å². The van der Waals surface area contributed by atoms with Crippen LogP contribution in [0.5, 0.6) is 5.75 Å². The van der Waals surface area contributed by atoms with Crippen LogP contribution in [0.2, 0.25) is 0 Å². The highest BCUT2D eigenvalue weighted by atomic mass is 32.1. The zero-order valence-corrected chi connectivity index (χ0v) is 19.3. The first kappa shape index (κ1) is 23.5. The van der Waals surface area contributed by atoms with E-state index in [0.29, 0.717) is 11.3 Å². The number of carbonyl (C=O) groups is 2. The van der Waals surface area contributed by atoms with Gasteiger partial charge in [-0.3, -0.25) is 14.9 Å². The van der Waals surface area contributed by atoms with E-state index < -0.39 is 0 Å². The molecule has 1 fully saturated rings. The SMILES string of the molecule is COc1ccc(/C=C/C(=O)NC(=S)N(C)c2ccccc2C(=O)NC2CCCCC2)cc1. The summed E-state index contributed by atoms with van der Waals surface area (Å²) >= 11 is 5.42. The van der Waals surface area contributed by atoms with Crippen molar-refractivity contribution in [3.05, 3.63) is 65.7 Å². The Hall–Kier alpha value is -3.19. The van der Waals surface area contributed by atoms with E-state index >= 15 is 0 Å².